The summed E-state index contributed by atoms with van der Waals surface area (Å²) in [5, 5.41) is 10.7. The molecule has 0 atom stereocenters. The molecule has 8 heteroatoms. The van der Waals surface area contributed by atoms with Gasteiger partial charge >= 0.3 is 5.97 Å². The van der Waals surface area contributed by atoms with Gasteiger partial charge in [0.05, 0.1) is 22.9 Å². The zero-order chi connectivity index (χ0) is 16.3. The maximum absolute atomic E-state index is 12.1. The van der Waals surface area contributed by atoms with E-state index < -0.39 is 10.9 Å². The number of hydrogen-bond acceptors (Lipinski definition) is 7. The number of anilines is 1. The van der Waals surface area contributed by atoms with Crippen LogP contribution in [0.15, 0.2) is 24.3 Å². The Labute approximate surface area is 126 Å². The highest BCUT2D eigenvalue weighted by molar-refractivity contribution is 5.97. The summed E-state index contributed by atoms with van der Waals surface area (Å²) in [6.07, 6.45) is 0. The predicted octanol–water partition coefficient (Wildman–Crippen LogP) is 2.12. The minimum atomic E-state index is -0.562. The van der Waals surface area contributed by atoms with Gasteiger partial charge in [-0.3, -0.25) is 10.1 Å². The summed E-state index contributed by atoms with van der Waals surface area (Å²) in [6, 6.07) is 5.67. The van der Waals surface area contributed by atoms with Gasteiger partial charge in [0.1, 0.15) is 5.56 Å². The summed E-state index contributed by atoms with van der Waals surface area (Å²) < 4.78 is 5.00. The number of esters is 1. The predicted molar refractivity (Wildman–Crippen MR) is 79.2 cm³/mol. The third kappa shape index (κ3) is 3.00. The average Bonchev–Trinajstić information content (AvgIpc) is 2.46. The number of aryl methyl sites for hydroxylation is 1. The molecule has 1 aromatic carbocycles. The molecule has 8 nitrogen and oxygen atoms in total. The van der Waals surface area contributed by atoms with Crippen molar-refractivity contribution in [1.29, 1.82) is 0 Å². The molecule has 0 aliphatic rings. The number of aromatic nitrogens is 2. The molecule has 0 aliphatic heterocycles. The molecule has 0 saturated heterocycles. The first-order chi connectivity index (χ1) is 10.4. The second-order valence-corrected chi connectivity index (χ2v) is 4.42. The molecule has 2 aromatic rings. The van der Waals surface area contributed by atoms with Crippen LogP contribution < -0.4 is 5.73 Å². The summed E-state index contributed by atoms with van der Waals surface area (Å²) in [4.78, 5) is 30.3. The van der Waals surface area contributed by atoms with E-state index in [4.69, 9.17) is 10.5 Å². The molecule has 1 aromatic heterocycles. The fourth-order valence-electron chi connectivity index (χ4n) is 1.99. The number of nitrogens with two attached hydrogens (primary N) is 1. The molecule has 0 saturated carbocycles. The van der Waals surface area contributed by atoms with Crippen LogP contribution in [0.1, 0.15) is 23.0 Å². The third-order valence-electron chi connectivity index (χ3n) is 2.94. The van der Waals surface area contributed by atoms with Crippen molar-refractivity contribution < 1.29 is 14.5 Å². The second kappa shape index (κ2) is 6.17. The van der Waals surface area contributed by atoms with E-state index in [9.17, 15) is 14.9 Å². The lowest BCUT2D eigenvalue weighted by Crippen LogP contribution is -2.13. The lowest BCUT2D eigenvalue weighted by Gasteiger charge is -2.11. The number of ether oxygens (including phenoxy) is 1. The summed E-state index contributed by atoms with van der Waals surface area (Å²) in [7, 11) is 0. The Bertz CT molecular complexity index is 728. The Morgan fingerprint density at radius 2 is 1.95 bits per heavy atom. The van der Waals surface area contributed by atoms with Crippen LogP contribution in [0.25, 0.3) is 11.3 Å². The van der Waals surface area contributed by atoms with Crippen LogP contribution in [-0.4, -0.2) is 27.5 Å². The van der Waals surface area contributed by atoms with Gasteiger partial charge in [-0.15, -0.1) is 0 Å². The Morgan fingerprint density at radius 1 is 1.32 bits per heavy atom. The summed E-state index contributed by atoms with van der Waals surface area (Å²) >= 11 is 0. The highest BCUT2D eigenvalue weighted by Crippen LogP contribution is 2.26. The normalized spacial score (nSPS) is 10.3. The van der Waals surface area contributed by atoms with Crippen molar-refractivity contribution in [3.05, 3.63) is 45.6 Å². The van der Waals surface area contributed by atoms with E-state index >= 15 is 0 Å². The smallest absolute Gasteiger partial charge is 0.342 e. The number of nitro groups is 1. The standard InChI is InChI=1S/C14H14N4O4/c1-3-22-13(19)11-8(2)16-14(15)17-12(11)9-4-6-10(7-5-9)18(20)21/h4-7H,3H2,1-2H3,(H2,15,16,17). The molecular formula is C14H14N4O4. The molecule has 2 rings (SSSR count). The summed E-state index contributed by atoms with van der Waals surface area (Å²) in [5.41, 5.74) is 6.98. The van der Waals surface area contributed by atoms with Crippen LogP contribution in [0, 0.1) is 17.0 Å². The van der Waals surface area contributed by atoms with E-state index in [-0.39, 0.29) is 23.8 Å². The highest BCUT2D eigenvalue weighted by atomic mass is 16.6. The number of nitrogens with zero attached hydrogens (tertiary/aromatic N) is 3. The van der Waals surface area contributed by atoms with Crippen LogP contribution >= 0.6 is 0 Å². The molecule has 0 radical (unpaired) electrons. The van der Waals surface area contributed by atoms with Crippen molar-refractivity contribution in [3.8, 4) is 11.3 Å². The Balaban J connectivity index is 2.58. The fraction of sp³-hybridized carbons (Fsp3) is 0.214. The van der Waals surface area contributed by atoms with Crippen molar-refractivity contribution in [3.63, 3.8) is 0 Å². The van der Waals surface area contributed by atoms with E-state index in [0.29, 0.717) is 17.0 Å². The zero-order valence-electron chi connectivity index (χ0n) is 12.1. The number of benzene rings is 1. The third-order valence-corrected chi connectivity index (χ3v) is 2.94. The van der Waals surface area contributed by atoms with Gasteiger partial charge in [-0.25, -0.2) is 14.8 Å². The Morgan fingerprint density at radius 3 is 2.50 bits per heavy atom. The molecule has 0 aliphatic carbocycles. The van der Waals surface area contributed by atoms with Gasteiger partial charge in [0.2, 0.25) is 5.95 Å². The van der Waals surface area contributed by atoms with Gasteiger partial charge in [0.25, 0.3) is 5.69 Å². The topological polar surface area (TPSA) is 121 Å². The maximum atomic E-state index is 12.1. The molecule has 114 valence electrons. The highest BCUT2D eigenvalue weighted by Gasteiger charge is 2.21. The molecule has 0 unspecified atom stereocenters. The van der Waals surface area contributed by atoms with Gasteiger partial charge in [-0.1, -0.05) is 0 Å². The molecule has 0 fully saturated rings. The SMILES string of the molecule is CCOC(=O)c1c(C)nc(N)nc1-c1ccc([N+](=O)[O-])cc1. The van der Waals surface area contributed by atoms with Crippen LogP contribution in [0.2, 0.25) is 0 Å². The van der Waals surface area contributed by atoms with E-state index in [1.165, 1.54) is 24.3 Å². The van der Waals surface area contributed by atoms with Crippen molar-refractivity contribution in [2.45, 2.75) is 13.8 Å². The van der Waals surface area contributed by atoms with Gasteiger partial charge in [-0.2, -0.15) is 0 Å². The van der Waals surface area contributed by atoms with Crippen LogP contribution in [0.3, 0.4) is 0 Å². The number of hydrogen-bond donors (Lipinski definition) is 1. The largest absolute Gasteiger partial charge is 0.462 e. The van der Waals surface area contributed by atoms with E-state index in [2.05, 4.69) is 9.97 Å². The first-order valence-corrected chi connectivity index (χ1v) is 6.50. The number of nitro benzene ring substituents is 1. The lowest BCUT2D eigenvalue weighted by atomic mass is 10.0. The van der Waals surface area contributed by atoms with Gasteiger partial charge in [0, 0.05) is 17.7 Å². The summed E-state index contributed by atoms with van der Waals surface area (Å²) in [6.45, 7) is 3.53. The van der Waals surface area contributed by atoms with Gasteiger partial charge in [-0.05, 0) is 26.0 Å². The summed E-state index contributed by atoms with van der Waals surface area (Å²) in [5.74, 6) is -0.549. The zero-order valence-corrected chi connectivity index (χ0v) is 12.1. The first kappa shape index (κ1) is 15.4. The maximum Gasteiger partial charge on any atom is 0.342 e. The van der Waals surface area contributed by atoms with Gasteiger partial charge < -0.3 is 10.5 Å². The van der Waals surface area contributed by atoms with Crippen molar-refractivity contribution in [1.82, 2.24) is 9.97 Å². The van der Waals surface area contributed by atoms with Crippen molar-refractivity contribution in [2.24, 2.45) is 0 Å². The van der Waals surface area contributed by atoms with Crippen molar-refractivity contribution in [2.75, 3.05) is 12.3 Å². The molecule has 2 N–H and O–H groups in total. The minimum absolute atomic E-state index is 0.0129. The number of non-ortho nitro benzene ring substituents is 1. The fourth-order valence-corrected chi connectivity index (χ4v) is 1.99. The molecule has 0 amide bonds. The number of carbonyl (C=O) groups excluding carboxylic acids is 1. The van der Waals surface area contributed by atoms with Crippen LogP contribution in [-0.2, 0) is 4.74 Å². The van der Waals surface area contributed by atoms with Crippen LogP contribution in [0.4, 0.5) is 11.6 Å². The number of nitrogen functional groups attached to an aromatic ring is 1. The molecule has 0 bridgehead atoms. The quantitative estimate of drug-likeness (QED) is 0.521. The van der Waals surface area contributed by atoms with E-state index in [1.54, 1.807) is 13.8 Å². The van der Waals surface area contributed by atoms with Gasteiger partial charge in [0.15, 0.2) is 0 Å². The minimum Gasteiger partial charge on any atom is -0.462 e. The Hall–Kier alpha value is -3.03. The monoisotopic (exact) mass is 302 g/mol. The van der Waals surface area contributed by atoms with E-state index in [1.807, 2.05) is 0 Å². The average molecular weight is 302 g/mol. The molecule has 0 spiro atoms. The molecular weight excluding hydrogens is 288 g/mol. The van der Waals surface area contributed by atoms with Crippen molar-refractivity contribution >= 4 is 17.6 Å². The molecule has 1 heterocycles. The van der Waals surface area contributed by atoms with Crippen LogP contribution in [0.5, 0.6) is 0 Å². The Kier molecular flexibility index (Phi) is 4.31. The number of rotatable bonds is 4. The second-order valence-electron chi connectivity index (χ2n) is 4.42. The molecule has 22 heavy (non-hydrogen) atoms. The number of carbonyl (C=O) groups is 1. The lowest BCUT2D eigenvalue weighted by molar-refractivity contribution is -0.384. The van der Waals surface area contributed by atoms with E-state index in [0.717, 1.165) is 0 Å². The first-order valence-electron chi connectivity index (χ1n) is 6.50.